The number of phosphoric acid groups is 6. The minimum absolute atomic E-state index is 0.0550. The topological polar surface area (TPSA) is 453 Å². The second-order valence-electron chi connectivity index (χ2n) is 13.2. The molecule has 4 rings (SSSR count). The number of unbranched alkanes of at least 4 members (excludes halogenated alkanes) is 3. The summed E-state index contributed by atoms with van der Waals surface area (Å²) in [5.74, 6) is 0.482. The van der Waals surface area contributed by atoms with Gasteiger partial charge in [0.1, 0.15) is 12.3 Å². The highest BCUT2D eigenvalue weighted by atomic mass is 31.3. The van der Waals surface area contributed by atoms with Crippen molar-refractivity contribution in [1.82, 2.24) is 35.3 Å². The fourth-order valence-corrected chi connectivity index (χ4v) is 13.0. The Balaban J connectivity index is 1.13. The summed E-state index contributed by atoms with van der Waals surface area (Å²) in [5.41, 5.74) is -0.181. The Morgan fingerprint density at radius 1 is 0.766 bits per heavy atom. The average Bonchev–Trinajstić information content (AvgIpc) is 3.51. The van der Waals surface area contributed by atoms with Gasteiger partial charge in [-0.15, -0.1) is 20.4 Å². The molecule has 0 bridgehead atoms. The van der Waals surface area contributed by atoms with Crippen LogP contribution in [0.1, 0.15) is 55.3 Å². The maximum Gasteiger partial charge on any atom is 0.490 e. The average molecular weight is 1030 g/mol. The Morgan fingerprint density at radius 2 is 1.28 bits per heavy atom. The van der Waals surface area contributed by atoms with Crippen molar-refractivity contribution in [1.29, 1.82) is 0 Å². The van der Waals surface area contributed by atoms with Crippen LogP contribution >= 0.6 is 46.9 Å². The van der Waals surface area contributed by atoms with E-state index < -0.39 is 89.8 Å². The van der Waals surface area contributed by atoms with E-state index in [0.717, 1.165) is 16.3 Å². The van der Waals surface area contributed by atoms with Gasteiger partial charge in [0, 0.05) is 30.3 Å². The number of aromatic amines is 1. The lowest BCUT2D eigenvalue weighted by Gasteiger charge is -2.21. The van der Waals surface area contributed by atoms with Crippen molar-refractivity contribution in [2.75, 3.05) is 19.8 Å². The van der Waals surface area contributed by atoms with Crippen molar-refractivity contribution in [2.45, 2.75) is 70.8 Å². The normalized spacial score (nSPS) is 22.2. The maximum absolute atomic E-state index is 12.3. The lowest BCUT2D eigenvalue weighted by molar-refractivity contribution is -0.120. The van der Waals surface area contributed by atoms with Crippen molar-refractivity contribution in [3.8, 4) is 11.4 Å². The summed E-state index contributed by atoms with van der Waals surface area (Å²) in [6.45, 7) is 1.59. The Hall–Kier alpha value is -2.91. The highest BCUT2D eigenvalue weighted by Gasteiger charge is 2.50. The zero-order chi connectivity index (χ0) is 47.7. The Labute approximate surface area is 359 Å². The molecule has 9 atom stereocenters. The summed E-state index contributed by atoms with van der Waals surface area (Å²) < 4.78 is 107. The molecule has 37 heteroatoms. The third-order valence-electron chi connectivity index (χ3n) is 7.90. The molecule has 3 aromatic rings. The number of aryl methyl sites for hydroxylation is 2. The number of aliphatic hydroxyl groups is 1. The number of hydrogen-bond donors (Lipinski definition) is 9. The fourth-order valence-electron chi connectivity index (χ4n) is 5.17. The van der Waals surface area contributed by atoms with Crippen LogP contribution in [-0.2, 0) is 73.9 Å². The second kappa shape index (κ2) is 22.3. The SMILES string of the molecule is Cc1nnc(-c2ccc(CC(=O)NCCCCCCOP(=O)(O)OP(=O)(O)OP(=O)(O)OP(=O)(O)OP(=O)(O)OP(=O)(O)OC[C@H]3O[C@@H](n4cc(C)c(=O)[nH]c4=O)C[C@H]3O)cc2)nn1. The van der Waals surface area contributed by atoms with Crippen LogP contribution in [0.15, 0.2) is 40.1 Å². The van der Waals surface area contributed by atoms with Gasteiger partial charge in [-0.3, -0.25) is 28.2 Å². The highest BCUT2D eigenvalue weighted by Crippen LogP contribution is 2.75. The van der Waals surface area contributed by atoms with Gasteiger partial charge >= 0.3 is 52.6 Å². The number of benzene rings is 1. The monoisotopic (exact) mass is 1030 g/mol. The van der Waals surface area contributed by atoms with Crippen molar-refractivity contribution >= 4 is 52.8 Å². The van der Waals surface area contributed by atoms with Gasteiger partial charge in [0.05, 0.1) is 25.7 Å². The number of ether oxygens (including phenoxy) is 1. The minimum Gasteiger partial charge on any atom is -0.390 e. The highest BCUT2D eigenvalue weighted by molar-refractivity contribution is 7.72. The predicted octanol–water partition coefficient (Wildman–Crippen LogP) is 1.69. The zero-order valence-electron chi connectivity index (χ0n) is 33.0. The van der Waals surface area contributed by atoms with Gasteiger partial charge in [0.15, 0.2) is 5.82 Å². The van der Waals surface area contributed by atoms with Crippen LogP contribution in [0.4, 0.5) is 0 Å². The van der Waals surface area contributed by atoms with Crippen LogP contribution in [0.2, 0.25) is 0 Å². The molecule has 0 saturated carbocycles. The van der Waals surface area contributed by atoms with Crippen LogP contribution < -0.4 is 16.6 Å². The number of carbonyl (C=O) groups is 1. The van der Waals surface area contributed by atoms with Gasteiger partial charge in [-0.2, -0.15) is 21.6 Å². The van der Waals surface area contributed by atoms with Gasteiger partial charge in [-0.05, 0) is 32.3 Å². The molecule has 1 aliphatic rings. The molecule has 1 aliphatic heterocycles. The number of carbonyl (C=O) groups excluding carboxylic acids is 1. The van der Waals surface area contributed by atoms with Gasteiger partial charge in [-0.25, -0.2) is 32.2 Å². The number of phosphoric ester groups is 2. The standard InChI is InChI=1S/C27H41N7O24P6/c1-17-15-34(27(38)29-26(17)37)24-14-21(35)22(53-24)16-52-60(41,42)55-62(45,46)57-64(49,50)58-63(47,48)56-61(43,44)54-59(39,40)51-12-6-4-3-5-11-28-23(36)13-19-7-9-20(10-8-19)25-32-30-18(2)31-33-25/h7-10,15,21-22,24,35H,3-6,11-14,16H2,1-2H3,(H,28,36)(H,39,40)(H,41,42)(H,43,44)(H,45,46)(H,47,48)(H,49,50)(H,29,37,38)/t21-,22-,24-/m1/s1. The summed E-state index contributed by atoms with van der Waals surface area (Å²) in [5, 5.41) is 28.5. The molecule has 1 aromatic carbocycles. The van der Waals surface area contributed by atoms with Gasteiger partial charge in [0.25, 0.3) is 5.56 Å². The van der Waals surface area contributed by atoms with E-state index in [9.17, 15) is 76.2 Å². The molecule has 0 aliphatic carbocycles. The molecule has 64 heavy (non-hydrogen) atoms. The number of H-pyrrole nitrogens is 1. The van der Waals surface area contributed by atoms with E-state index in [4.69, 9.17) is 4.74 Å². The molecule has 31 nitrogen and oxygen atoms in total. The number of nitrogens with zero attached hydrogens (tertiary/aromatic N) is 5. The molecule has 3 heterocycles. The number of aliphatic hydroxyl groups excluding tert-OH is 1. The first kappa shape index (κ1) is 53.7. The van der Waals surface area contributed by atoms with Crippen molar-refractivity contribution < 1.29 is 102 Å². The predicted molar refractivity (Wildman–Crippen MR) is 210 cm³/mol. The van der Waals surface area contributed by atoms with E-state index in [1.165, 1.54) is 6.92 Å². The maximum atomic E-state index is 12.3. The first-order chi connectivity index (χ1) is 29.5. The summed E-state index contributed by atoms with van der Waals surface area (Å²) in [6, 6.07) is 6.89. The van der Waals surface area contributed by atoms with Crippen molar-refractivity contribution in [3.63, 3.8) is 0 Å². The molecule has 2 aromatic heterocycles. The van der Waals surface area contributed by atoms with Crippen LogP contribution in [0, 0.1) is 13.8 Å². The molecule has 358 valence electrons. The Bertz CT molecular complexity index is 2530. The quantitative estimate of drug-likeness (QED) is 0.0430. The molecule has 1 saturated heterocycles. The van der Waals surface area contributed by atoms with Crippen LogP contribution in [0.5, 0.6) is 0 Å². The second-order valence-corrected chi connectivity index (χ2v) is 22.6. The van der Waals surface area contributed by atoms with Crippen LogP contribution in [0.25, 0.3) is 11.4 Å². The first-order valence-electron chi connectivity index (χ1n) is 17.9. The molecule has 0 radical (unpaired) electrons. The Kier molecular flexibility index (Phi) is 18.7. The molecular formula is C27H41N7O24P6. The number of amides is 1. The van der Waals surface area contributed by atoms with E-state index in [1.54, 1.807) is 31.2 Å². The van der Waals surface area contributed by atoms with E-state index in [-0.39, 0.29) is 37.3 Å². The zero-order valence-corrected chi connectivity index (χ0v) is 38.3. The number of rotatable bonds is 25. The van der Waals surface area contributed by atoms with Gasteiger partial charge in [0.2, 0.25) is 11.7 Å². The lowest BCUT2D eigenvalue weighted by atomic mass is 10.1. The number of hydrogen-bond acceptors (Lipinski definition) is 22. The van der Waals surface area contributed by atoms with E-state index in [2.05, 4.69) is 56.3 Å². The Morgan fingerprint density at radius 3 is 1.84 bits per heavy atom. The first-order valence-corrected chi connectivity index (χ1v) is 26.9. The van der Waals surface area contributed by atoms with E-state index in [0.29, 0.717) is 36.5 Å². The van der Waals surface area contributed by atoms with Gasteiger partial charge in [-0.1, -0.05) is 37.1 Å². The van der Waals surface area contributed by atoms with Crippen LogP contribution in [0.3, 0.4) is 0 Å². The minimum atomic E-state index is -6.50. The molecular weight excluding hydrogens is 992 g/mol. The largest absolute Gasteiger partial charge is 0.490 e. The van der Waals surface area contributed by atoms with Gasteiger partial charge < -0.3 is 44.5 Å². The molecule has 1 amide bonds. The van der Waals surface area contributed by atoms with Crippen molar-refractivity contribution in [3.05, 3.63) is 68.3 Å². The third kappa shape index (κ3) is 18.1. The smallest absolute Gasteiger partial charge is 0.390 e. The fraction of sp³-hybridized carbons (Fsp3) is 0.519. The summed E-state index contributed by atoms with van der Waals surface area (Å²) in [7, 11) is -37.0. The summed E-state index contributed by atoms with van der Waals surface area (Å²) in [6.07, 6.45) is -2.05. The lowest BCUT2D eigenvalue weighted by Crippen LogP contribution is -2.33. The molecule has 0 spiro atoms. The summed E-state index contributed by atoms with van der Waals surface area (Å²) in [4.78, 5) is 96.5. The third-order valence-corrected chi connectivity index (χ3v) is 17.1. The van der Waals surface area contributed by atoms with Crippen LogP contribution in [-0.4, -0.2) is 102 Å². The molecule has 1 fully saturated rings. The van der Waals surface area contributed by atoms with E-state index in [1.807, 2.05) is 4.98 Å². The summed E-state index contributed by atoms with van der Waals surface area (Å²) >= 11 is 0. The number of aromatic nitrogens is 6. The van der Waals surface area contributed by atoms with E-state index >= 15 is 0 Å². The molecule has 9 N–H and O–H groups in total. The molecule has 6 unspecified atom stereocenters. The van der Waals surface area contributed by atoms with Crippen molar-refractivity contribution in [2.24, 2.45) is 0 Å². The number of nitrogens with one attached hydrogen (secondary N) is 2.